The first-order chi connectivity index (χ1) is 11.0. The Morgan fingerprint density at radius 1 is 1.30 bits per heavy atom. The Morgan fingerprint density at radius 3 is 2.83 bits per heavy atom. The van der Waals surface area contributed by atoms with Gasteiger partial charge in [-0.2, -0.15) is 10.1 Å². The molecule has 0 amide bonds. The highest BCUT2D eigenvalue weighted by molar-refractivity contribution is 5.82. The van der Waals surface area contributed by atoms with Gasteiger partial charge in [-0.15, -0.1) is 0 Å². The van der Waals surface area contributed by atoms with E-state index in [9.17, 15) is 4.39 Å². The Labute approximate surface area is 134 Å². The number of benzene rings is 1. The molecule has 0 bridgehead atoms. The Bertz CT molecular complexity index is 855. The summed E-state index contributed by atoms with van der Waals surface area (Å²) in [6.45, 7) is 2.52. The number of aryl methyl sites for hydroxylation is 2. The molecule has 0 atom stereocenters. The molecule has 120 valence electrons. The van der Waals surface area contributed by atoms with E-state index in [2.05, 4.69) is 45.5 Å². The maximum absolute atomic E-state index is 13.6. The minimum absolute atomic E-state index is 0.254. The van der Waals surface area contributed by atoms with Gasteiger partial charge >= 0.3 is 0 Å². The van der Waals surface area contributed by atoms with Gasteiger partial charge in [-0.25, -0.2) is 9.37 Å². The molecule has 3 rings (SSSR count). The average Bonchev–Trinajstić information content (AvgIpc) is 2.82. The van der Waals surface area contributed by atoms with Gasteiger partial charge < -0.3 is 10.2 Å². The van der Waals surface area contributed by atoms with Crippen molar-refractivity contribution in [2.24, 2.45) is 7.05 Å². The van der Waals surface area contributed by atoms with Crippen LogP contribution in [0.25, 0.3) is 10.9 Å². The molecule has 0 aliphatic heterocycles. The summed E-state index contributed by atoms with van der Waals surface area (Å²) < 4.78 is 15.5. The van der Waals surface area contributed by atoms with Gasteiger partial charge in [0.05, 0.1) is 24.0 Å². The molecule has 0 saturated heterocycles. The molecule has 23 heavy (non-hydrogen) atoms. The van der Waals surface area contributed by atoms with E-state index in [4.69, 9.17) is 0 Å². The molecule has 0 spiro atoms. The summed E-state index contributed by atoms with van der Waals surface area (Å²) in [4.78, 5) is 9.78. The standard InChI is InChI=1S/C16H19FN6/c1-10-5-6-14-11(7-10)13(21-23(14)4)9-19-16-18-8-12(17)15(20-16)22(2)3/h5-8H,9H2,1-4H3,(H,18,19,20). The lowest BCUT2D eigenvalue weighted by atomic mass is 10.1. The topological polar surface area (TPSA) is 58.9 Å². The van der Waals surface area contributed by atoms with Crippen molar-refractivity contribution in [1.29, 1.82) is 0 Å². The minimum Gasteiger partial charge on any atom is -0.360 e. The number of nitrogens with zero attached hydrogens (tertiary/aromatic N) is 5. The first kappa shape index (κ1) is 15.2. The first-order valence-corrected chi connectivity index (χ1v) is 7.31. The molecular formula is C16H19FN6. The summed E-state index contributed by atoms with van der Waals surface area (Å²) in [5.41, 5.74) is 3.16. The number of hydrogen-bond donors (Lipinski definition) is 1. The molecule has 0 aliphatic rings. The maximum atomic E-state index is 13.6. The maximum Gasteiger partial charge on any atom is 0.225 e. The second-order valence-corrected chi connectivity index (χ2v) is 5.70. The fourth-order valence-electron chi connectivity index (χ4n) is 2.50. The van der Waals surface area contributed by atoms with Crippen molar-refractivity contribution in [3.63, 3.8) is 0 Å². The molecule has 0 unspecified atom stereocenters. The largest absolute Gasteiger partial charge is 0.360 e. The predicted molar refractivity (Wildman–Crippen MR) is 89.1 cm³/mol. The number of aromatic nitrogens is 4. The van der Waals surface area contributed by atoms with Crippen molar-refractivity contribution in [2.75, 3.05) is 24.3 Å². The zero-order valence-electron chi connectivity index (χ0n) is 13.6. The average molecular weight is 314 g/mol. The fraction of sp³-hybridized carbons (Fsp3) is 0.312. The van der Waals surface area contributed by atoms with Crippen molar-refractivity contribution in [3.05, 3.63) is 41.5 Å². The number of rotatable bonds is 4. The van der Waals surface area contributed by atoms with Crippen LogP contribution in [0.3, 0.4) is 0 Å². The molecule has 0 aliphatic carbocycles. The number of halogens is 1. The Balaban J connectivity index is 1.86. The van der Waals surface area contributed by atoms with E-state index in [0.29, 0.717) is 12.5 Å². The highest BCUT2D eigenvalue weighted by atomic mass is 19.1. The third-order valence-corrected chi connectivity index (χ3v) is 3.65. The van der Waals surface area contributed by atoms with Crippen molar-refractivity contribution in [3.8, 4) is 0 Å². The van der Waals surface area contributed by atoms with Crippen LogP contribution >= 0.6 is 0 Å². The summed E-state index contributed by atoms with van der Waals surface area (Å²) in [6.07, 6.45) is 1.17. The SMILES string of the molecule is Cc1ccc2c(c1)c(CNc1ncc(F)c(N(C)C)n1)nn2C. The Hall–Kier alpha value is -2.70. The van der Waals surface area contributed by atoms with Crippen molar-refractivity contribution in [1.82, 2.24) is 19.7 Å². The lowest BCUT2D eigenvalue weighted by Crippen LogP contribution is -2.15. The first-order valence-electron chi connectivity index (χ1n) is 7.31. The van der Waals surface area contributed by atoms with Crippen LogP contribution < -0.4 is 10.2 Å². The van der Waals surface area contributed by atoms with E-state index in [0.717, 1.165) is 16.6 Å². The second kappa shape index (κ2) is 5.83. The van der Waals surface area contributed by atoms with Crippen LogP contribution in [0.1, 0.15) is 11.3 Å². The molecule has 3 aromatic rings. The van der Waals surface area contributed by atoms with Crippen LogP contribution in [-0.2, 0) is 13.6 Å². The second-order valence-electron chi connectivity index (χ2n) is 5.70. The van der Waals surface area contributed by atoms with Crippen LogP contribution in [0.15, 0.2) is 24.4 Å². The summed E-state index contributed by atoms with van der Waals surface area (Å²) in [5, 5.41) is 8.74. The molecule has 6 nitrogen and oxygen atoms in total. The number of anilines is 2. The zero-order chi connectivity index (χ0) is 16.6. The van der Waals surface area contributed by atoms with Gasteiger partial charge in [-0.3, -0.25) is 4.68 Å². The van der Waals surface area contributed by atoms with Gasteiger partial charge in [-0.05, 0) is 19.1 Å². The molecule has 0 radical (unpaired) electrons. The molecular weight excluding hydrogens is 295 g/mol. The van der Waals surface area contributed by atoms with Gasteiger partial charge in [0.1, 0.15) is 0 Å². The quantitative estimate of drug-likeness (QED) is 0.802. The van der Waals surface area contributed by atoms with E-state index >= 15 is 0 Å². The van der Waals surface area contributed by atoms with Gasteiger partial charge in [0.2, 0.25) is 5.95 Å². The van der Waals surface area contributed by atoms with Crippen LogP contribution in [0.4, 0.5) is 16.2 Å². The summed E-state index contributed by atoms with van der Waals surface area (Å²) in [5.74, 6) is 0.185. The van der Waals surface area contributed by atoms with Crippen molar-refractivity contribution in [2.45, 2.75) is 13.5 Å². The van der Waals surface area contributed by atoms with E-state index in [1.165, 1.54) is 11.8 Å². The highest BCUT2D eigenvalue weighted by Gasteiger charge is 2.11. The Kier molecular flexibility index (Phi) is 3.85. The highest BCUT2D eigenvalue weighted by Crippen LogP contribution is 2.21. The van der Waals surface area contributed by atoms with Gasteiger partial charge in [0.25, 0.3) is 0 Å². The van der Waals surface area contributed by atoms with Crippen molar-refractivity contribution < 1.29 is 4.39 Å². The molecule has 2 aromatic heterocycles. The molecule has 0 fully saturated rings. The van der Waals surface area contributed by atoms with E-state index < -0.39 is 5.82 Å². The third-order valence-electron chi connectivity index (χ3n) is 3.65. The Morgan fingerprint density at radius 2 is 2.09 bits per heavy atom. The fourth-order valence-corrected chi connectivity index (χ4v) is 2.50. The number of nitrogens with one attached hydrogen (secondary N) is 1. The van der Waals surface area contributed by atoms with Crippen molar-refractivity contribution >= 4 is 22.7 Å². The van der Waals surface area contributed by atoms with E-state index in [1.54, 1.807) is 19.0 Å². The molecule has 7 heteroatoms. The molecule has 0 saturated carbocycles. The molecule has 1 N–H and O–H groups in total. The molecule has 2 heterocycles. The van der Waals surface area contributed by atoms with Crippen LogP contribution in [0.2, 0.25) is 0 Å². The van der Waals surface area contributed by atoms with Gasteiger partial charge in [0, 0.05) is 26.5 Å². The monoisotopic (exact) mass is 314 g/mol. The third kappa shape index (κ3) is 2.94. The number of hydrogen-bond acceptors (Lipinski definition) is 5. The van der Waals surface area contributed by atoms with Gasteiger partial charge in [0.15, 0.2) is 11.6 Å². The molecule has 1 aromatic carbocycles. The smallest absolute Gasteiger partial charge is 0.225 e. The number of fused-ring (bicyclic) bond motifs is 1. The summed E-state index contributed by atoms with van der Waals surface area (Å²) in [7, 11) is 5.40. The van der Waals surface area contributed by atoms with E-state index in [-0.39, 0.29) is 5.82 Å². The van der Waals surface area contributed by atoms with Gasteiger partial charge in [-0.1, -0.05) is 11.6 Å². The minimum atomic E-state index is -0.445. The zero-order valence-corrected chi connectivity index (χ0v) is 13.6. The summed E-state index contributed by atoms with van der Waals surface area (Å²) >= 11 is 0. The lowest BCUT2D eigenvalue weighted by molar-refractivity contribution is 0.612. The predicted octanol–water partition coefficient (Wildman–Crippen LogP) is 2.49. The normalized spacial score (nSPS) is 11.0. The van der Waals surface area contributed by atoms with Crippen LogP contribution in [0.5, 0.6) is 0 Å². The lowest BCUT2D eigenvalue weighted by Gasteiger charge is -2.13. The summed E-state index contributed by atoms with van der Waals surface area (Å²) in [6, 6.07) is 6.23. The van der Waals surface area contributed by atoms with E-state index in [1.807, 2.05) is 11.7 Å². The van der Waals surface area contributed by atoms with Crippen LogP contribution in [-0.4, -0.2) is 33.8 Å². The van der Waals surface area contributed by atoms with Crippen LogP contribution in [0, 0.1) is 12.7 Å².